The lowest BCUT2D eigenvalue weighted by Gasteiger charge is -2.35. The fraction of sp³-hybridized carbons (Fsp3) is 0.833. The minimum atomic E-state index is -0.525. The van der Waals surface area contributed by atoms with E-state index in [-0.39, 0.29) is 42.0 Å². The van der Waals surface area contributed by atoms with Gasteiger partial charge in [-0.2, -0.15) is 0 Å². The van der Waals surface area contributed by atoms with Gasteiger partial charge in [-0.25, -0.2) is 4.79 Å². The van der Waals surface area contributed by atoms with Crippen LogP contribution in [0.1, 0.15) is 67.2 Å². The molecule has 3 aliphatic rings. The van der Waals surface area contributed by atoms with Crippen LogP contribution < -0.4 is 0 Å². The first-order valence-corrected chi connectivity index (χ1v) is 14.4. The first-order valence-electron chi connectivity index (χ1n) is 14.4. The van der Waals surface area contributed by atoms with Crippen LogP contribution in [0.15, 0.2) is 23.8 Å². The highest BCUT2D eigenvalue weighted by atomic mass is 16.6. The molecule has 1 N–H and O–H groups in total. The molecule has 0 spiro atoms. The molecule has 0 aliphatic carbocycles. The summed E-state index contributed by atoms with van der Waals surface area (Å²) in [5.41, 5.74) is 1.03. The van der Waals surface area contributed by atoms with Gasteiger partial charge in [0, 0.05) is 32.5 Å². The van der Waals surface area contributed by atoms with Crippen LogP contribution in [0.3, 0.4) is 0 Å². The van der Waals surface area contributed by atoms with Crippen molar-refractivity contribution in [2.24, 2.45) is 17.8 Å². The summed E-state index contributed by atoms with van der Waals surface area (Å²) in [7, 11) is 1.65. The predicted molar refractivity (Wildman–Crippen MR) is 147 cm³/mol. The normalized spacial score (nSPS) is 33.6. The summed E-state index contributed by atoms with van der Waals surface area (Å²) in [5.74, 6) is 0.935. The number of aliphatic hydroxyl groups excluding tert-OH is 1. The van der Waals surface area contributed by atoms with Crippen LogP contribution in [-0.4, -0.2) is 92.2 Å². The minimum absolute atomic E-state index is 0.0737. The minimum Gasteiger partial charge on any atom is -0.449 e. The van der Waals surface area contributed by atoms with E-state index in [4.69, 9.17) is 23.7 Å². The number of nitrogens with zero attached hydrogens (tertiary/aromatic N) is 1. The van der Waals surface area contributed by atoms with E-state index in [2.05, 4.69) is 52.8 Å². The molecule has 0 radical (unpaired) electrons. The summed E-state index contributed by atoms with van der Waals surface area (Å²) in [6.45, 7) is 15.3. The molecule has 1 amide bonds. The number of hydrogen-bond acceptors (Lipinski definition) is 7. The second-order valence-corrected chi connectivity index (χ2v) is 11.9. The maximum absolute atomic E-state index is 12.2. The van der Waals surface area contributed by atoms with Crippen molar-refractivity contribution in [1.29, 1.82) is 0 Å². The second kappa shape index (κ2) is 14.3. The predicted octanol–water partition coefficient (Wildman–Crippen LogP) is 4.75. The highest BCUT2D eigenvalue weighted by molar-refractivity contribution is 5.67. The molecule has 3 saturated heterocycles. The Hall–Kier alpha value is -1.45. The third kappa shape index (κ3) is 8.52. The molecule has 8 nitrogen and oxygen atoms in total. The van der Waals surface area contributed by atoms with Crippen molar-refractivity contribution in [1.82, 2.24) is 4.90 Å². The Morgan fingerprint density at radius 1 is 1.21 bits per heavy atom. The highest BCUT2D eigenvalue weighted by Crippen LogP contribution is 2.47. The standard InChI is InChI=1S/C30H51NO7/c1-20(19-30(6)28(38-30)23(4)27(34-7)24(5)32)9-8-10-21(2)26-22(3)11-12-25(37-26)13-16-36-29(33)31-14-17-35-18-15-31/h8-10,20,22-28,32H,11-19H2,1-7H3/b9-8+,21-10+/t20-,22+,23-,24-,25-,26-,27-,28-,30-/m1/s1. The van der Waals surface area contributed by atoms with Crippen molar-refractivity contribution >= 4 is 6.09 Å². The van der Waals surface area contributed by atoms with Gasteiger partial charge < -0.3 is 33.7 Å². The largest absolute Gasteiger partial charge is 0.449 e. The third-order valence-corrected chi connectivity index (χ3v) is 8.39. The van der Waals surface area contributed by atoms with Crippen molar-refractivity contribution in [3.05, 3.63) is 23.8 Å². The lowest BCUT2D eigenvalue weighted by atomic mass is 9.85. The topological polar surface area (TPSA) is 90.0 Å². The number of amides is 1. The molecular formula is C30H51NO7. The van der Waals surface area contributed by atoms with Gasteiger partial charge in [0.05, 0.1) is 55.9 Å². The average Bonchev–Trinajstić information content (AvgIpc) is 3.55. The van der Waals surface area contributed by atoms with Crippen molar-refractivity contribution in [3.8, 4) is 0 Å². The summed E-state index contributed by atoms with van der Waals surface area (Å²) < 4.78 is 28.8. The number of morpholine rings is 1. The fourth-order valence-electron chi connectivity index (χ4n) is 6.20. The Balaban J connectivity index is 1.43. The first kappa shape index (κ1) is 31.1. The Morgan fingerprint density at radius 2 is 1.92 bits per heavy atom. The zero-order chi connectivity index (χ0) is 27.9. The van der Waals surface area contributed by atoms with Gasteiger partial charge in [0.15, 0.2) is 0 Å². The zero-order valence-electron chi connectivity index (χ0n) is 24.6. The number of epoxide rings is 1. The van der Waals surface area contributed by atoms with Crippen LogP contribution in [0.25, 0.3) is 0 Å². The van der Waals surface area contributed by atoms with Crippen molar-refractivity contribution in [2.45, 2.75) is 103 Å². The number of methoxy groups -OCH3 is 1. The van der Waals surface area contributed by atoms with E-state index in [9.17, 15) is 9.90 Å². The van der Waals surface area contributed by atoms with Gasteiger partial charge in [-0.3, -0.25) is 0 Å². The van der Waals surface area contributed by atoms with E-state index in [1.54, 1.807) is 18.9 Å². The van der Waals surface area contributed by atoms with Gasteiger partial charge in [-0.15, -0.1) is 0 Å². The van der Waals surface area contributed by atoms with E-state index in [0.717, 1.165) is 25.7 Å². The Kier molecular flexibility index (Phi) is 11.7. The van der Waals surface area contributed by atoms with Crippen molar-refractivity contribution in [3.63, 3.8) is 0 Å². The fourth-order valence-corrected chi connectivity index (χ4v) is 6.20. The Labute approximate surface area is 229 Å². The molecule has 218 valence electrons. The molecule has 3 heterocycles. The third-order valence-electron chi connectivity index (χ3n) is 8.39. The van der Waals surface area contributed by atoms with Crippen LogP contribution in [0.2, 0.25) is 0 Å². The number of hydrogen-bond donors (Lipinski definition) is 1. The molecule has 0 unspecified atom stereocenters. The quantitative estimate of drug-likeness (QED) is 0.284. The Bertz CT molecular complexity index is 808. The molecule has 0 aromatic heterocycles. The maximum atomic E-state index is 12.2. The molecule has 0 saturated carbocycles. The van der Waals surface area contributed by atoms with E-state index in [1.165, 1.54) is 5.57 Å². The molecule has 3 aliphatic heterocycles. The second-order valence-electron chi connectivity index (χ2n) is 11.9. The molecule has 38 heavy (non-hydrogen) atoms. The summed E-state index contributed by atoms with van der Waals surface area (Å²) in [6, 6.07) is 0. The molecule has 3 rings (SSSR count). The van der Waals surface area contributed by atoms with E-state index >= 15 is 0 Å². The summed E-state index contributed by atoms with van der Waals surface area (Å²) in [4.78, 5) is 13.9. The average molecular weight is 538 g/mol. The smallest absolute Gasteiger partial charge is 0.409 e. The van der Waals surface area contributed by atoms with Crippen LogP contribution in [0, 0.1) is 17.8 Å². The van der Waals surface area contributed by atoms with E-state index in [1.807, 2.05) is 0 Å². The molecule has 0 bridgehead atoms. The summed E-state index contributed by atoms with van der Waals surface area (Å²) in [6.07, 6.45) is 9.54. The van der Waals surface area contributed by atoms with Crippen molar-refractivity contribution in [2.75, 3.05) is 40.0 Å². The van der Waals surface area contributed by atoms with Gasteiger partial charge >= 0.3 is 6.09 Å². The van der Waals surface area contributed by atoms with Crippen LogP contribution in [-0.2, 0) is 23.7 Å². The first-order chi connectivity index (χ1) is 18.1. The summed E-state index contributed by atoms with van der Waals surface area (Å²) in [5, 5.41) is 10.0. The maximum Gasteiger partial charge on any atom is 0.409 e. The van der Waals surface area contributed by atoms with Crippen LogP contribution in [0.5, 0.6) is 0 Å². The van der Waals surface area contributed by atoms with E-state index < -0.39 is 6.10 Å². The summed E-state index contributed by atoms with van der Waals surface area (Å²) >= 11 is 0. The van der Waals surface area contributed by atoms with Gasteiger partial charge in [-0.05, 0) is 57.4 Å². The number of allylic oxidation sites excluding steroid dienone is 3. The molecule has 8 heteroatoms. The molecule has 9 atom stereocenters. The number of carbonyl (C=O) groups is 1. The molecule has 0 aromatic rings. The lowest BCUT2D eigenvalue weighted by Crippen LogP contribution is -2.41. The molecule has 3 fully saturated rings. The molecular weight excluding hydrogens is 486 g/mol. The molecule has 0 aromatic carbocycles. The van der Waals surface area contributed by atoms with E-state index in [0.29, 0.717) is 44.7 Å². The lowest BCUT2D eigenvalue weighted by molar-refractivity contribution is -0.0692. The van der Waals surface area contributed by atoms with Gasteiger partial charge in [0.1, 0.15) is 0 Å². The number of ether oxygens (including phenoxy) is 5. The van der Waals surface area contributed by atoms with Crippen molar-refractivity contribution < 1.29 is 33.6 Å². The van der Waals surface area contributed by atoms with Gasteiger partial charge in [0.2, 0.25) is 0 Å². The van der Waals surface area contributed by atoms with Crippen LogP contribution >= 0.6 is 0 Å². The number of aliphatic hydroxyl groups is 1. The Morgan fingerprint density at radius 3 is 2.58 bits per heavy atom. The highest BCUT2D eigenvalue weighted by Gasteiger charge is 2.56. The monoisotopic (exact) mass is 537 g/mol. The number of rotatable bonds is 12. The van der Waals surface area contributed by atoms with Gasteiger partial charge in [0.25, 0.3) is 0 Å². The van der Waals surface area contributed by atoms with Crippen LogP contribution in [0.4, 0.5) is 4.79 Å². The van der Waals surface area contributed by atoms with Gasteiger partial charge in [-0.1, -0.05) is 39.0 Å². The zero-order valence-corrected chi connectivity index (χ0v) is 24.6. The SMILES string of the molecule is CO[C@H]([C@@H](C)[C@H]1O[C@]1(C)C[C@H](C)/C=C/C=C(\C)[C@H]1O[C@@H](CCOC(=O)N2CCOCC2)CC[C@@H]1C)[C@@H](C)O. The number of carbonyl (C=O) groups excluding carboxylic acids is 1.